The molecule has 0 saturated carbocycles. The molecule has 0 aliphatic carbocycles. The fourth-order valence-electron chi connectivity index (χ4n) is 3.93. The van der Waals surface area contributed by atoms with Crippen molar-refractivity contribution in [2.24, 2.45) is 0 Å². The number of aliphatic hydroxyl groups excluding tert-OH is 1. The minimum absolute atomic E-state index is 0.0300. The van der Waals surface area contributed by atoms with Gasteiger partial charge in [0, 0.05) is 6.54 Å². The highest BCUT2D eigenvalue weighted by atomic mass is 16.5. The summed E-state index contributed by atoms with van der Waals surface area (Å²) in [6, 6.07) is 11.2. The number of hydrogen-bond donors (Lipinski definition) is 1. The Labute approximate surface area is 199 Å². The molecule has 1 aliphatic rings. The lowest BCUT2D eigenvalue weighted by atomic mass is 9.94. The van der Waals surface area contributed by atoms with Crippen molar-refractivity contribution in [2.45, 2.75) is 32.9 Å². The molecule has 1 atom stereocenters. The lowest BCUT2D eigenvalue weighted by Crippen LogP contribution is -2.33. The van der Waals surface area contributed by atoms with Crippen LogP contribution >= 0.6 is 0 Å². The molecular formula is C26H31NO7. The molecule has 2 aromatic rings. The highest BCUT2D eigenvalue weighted by molar-refractivity contribution is 6.46. The third kappa shape index (κ3) is 5.17. The van der Waals surface area contributed by atoms with E-state index in [2.05, 4.69) is 0 Å². The van der Waals surface area contributed by atoms with Crippen molar-refractivity contribution in [1.82, 2.24) is 4.90 Å². The van der Waals surface area contributed by atoms with Gasteiger partial charge < -0.3 is 29.0 Å². The third-order valence-electron chi connectivity index (χ3n) is 5.47. The number of methoxy groups -OCH3 is 2. The first-order valence-electron chi connectivity index (χ1n) is 11.2. The lowest BCUT2D eigenvalue weighted by Gasteiger charge is -2.26. The van der Waals surface area contributed by atoms with Crippen LogP contribution in [0.1, 0.15) is 37.9 Å². The average molecular weight is 470 g/mol. The predicted octanol–water partition coefficient (Wildman–Crippen LogP) is 3.95. The number of Topliss-reactive ketones (excluding diaryl/α,β-unsaturated/α-hetero) is 1. The Hall–Kier alpha value is -3.52. The number of amides is 1. The number of rotatable bonds is 10. The minimum atomic E-state index is -0.827. The quantitative estimate of drug-likeness (QED) is 0.320. The molecule has 8 heteroatoms. The Morgan fingerprint density at radius 3 is 2.47 bits per heavy atom. The van der Waals surface area contributed by atoms with E-state index in [9.17, 15) is 14.7 Å². The zero-order valence-corrected chi connectivity index (χ0v) is 20.2. The van der Waals surface area contributed by atoms with Gasteiger partial charge in [-0.25, -0.2) is 0 Å². The summed E-state index contributed by atoms with van der Waals surface area (Å²) in [5.74, 6) is -0.413. The summed E-state index contributed by atoms with van der Waals surface area (Å²) in [4.78, 5) is 27.7. The molecule has 1 aliphatic heterocycles. The molecule has 0 spiro atoms. The zero-order valence-electron chi connectivity index (χ0n) is 20.2. The topological polar surface area (TPSA) is 94.5 Å². The van der Waals surface area contributed by atoms with Crippen molar-refractivity contribution < 1.29 is 33.6 Å². The molecule has 3 rings (SSSR count). The maximum absolute atomic E-state index is 13.2. The number of likely N-dealkylation sites (tertiary alicyclic amines) is 1. The van der Waals surface area contributed by atoms with Gasteiger partial charge in [-0.15, -0.1) is 0 Å². The van der Waals surface area contributed by atoms with E-state index >= 15 is 0 Å². The second-order valence-corrected chi connectivity index (χ2v) is 7.98. The molecule has 1 saturated heterocycles. The SMILES string of the molecule is CCOc1cccc(C2/C(=C(\O)c3cc(OC)ccc3OC)C(=O)C(=O)N2CCOC(C)C)c1. The van der Waals surface area contributed by atoms with Crippen molar-refractivity contribution in [3.05, 3.63) is 59.2 Å². The van der Waals surface area contributed by atoms with E-state index in [1.807, 2.05) is 20.8 Å². The van der Waals surface area contributed by atoms with E-state index in [0.29, 0.717) is 29.4 Å². The molecule has 182 valence electrons. The van der Waals surface area contributed by atoms with Crippen molar-refractivity contribution in [3.63, 3.8) is 0 Å². The Morgan fingerprint density at radius 1 is 1.06 bits per heavy atom. The van der Waals surface area contributed by atoms with Crippen LogP contribution in [0.15, 0.2) is 48.0 Å². The van der Waals surface area contributed by atoms with Crippen molar-refractivity contribution in [2.75, 3.05) is 34.0 Å². The molecule has 1 amide bonds. The number of aliphatic hydroxyl groups is 1. The summed E-state index contributed by atoms with van der Waals surface area (Å²) < 4.78 is 21.9. The van der Waals surface area contributed by atoms with Crippen molar-refractivity contribution in [3.8, 4) is 17.2 Å². The first-order valence-corrected chi connectivity index (χ1v) is 11.2. The van der Waals surface area contributed by atoms with Crippen LogP contribution in [0.3, 0.4) is 0 Å². The van der Waals surface area contributed by atoms with Crippen LogP contribution in [-0.4, -0.2) is 61.8 Å². The van der Waals surface area contributed by atoms with Crippen LogP contribution in [0.25, 0.3) is 5.76 Å². The largest absolute Gasteiger partial charge is 0.507 e. The molecule has 1 N–H and O–H groups in total. The van der Waals surface area contributed by atoms with E-state index in [1.165, 1.54) is 19.1 Å². The van der Waals surface area contributed by atoms with Gasteiger partial charge in [-0.3, -0.25) is 9.59 Å². The van der Waals surface area contributed by atoms with Crippen LogP contribution in [0, 0.1) is 0 Å². The average Bonchev–Trinajstić information content (AvgIpc) is 3.08. The highest BCUT2D eigenvalue weighted by Crippen LogP contribution is 2.42. The Balaban J connectivity index is 2.18. The fraction of sp³-hybridized carbons (Fsp3) is 0.385. The van der Waals surface area contributed by atoms with Crippen LogP contribution in [0.2, 0.25) is 0 Å². The maximum Gasteiger partial charge on any atom is 0.295 e. The fourth-order valence-corrected chi connectivity index (χ4v) is 3.93. The highest BCUT2D eigenvalue weighted by Gasteiger charge is 2.46. The van der Waals surface area contributed by atoms with Crippen molar-refractivity contribution in [1.29, 1.82) is 0 Å². The molecule has 34 heavy (non-hydrogen) atoms. The van der Waals surface area contributed by atoms with Gasteiger partial charge >= 0.3 is 0 Å². The van der Waals surface area contributed by atoms with Gasteiger partial charge in [0.15, 0.2) is 0 Å². The summed E-state index contributed by atoms with van der Waals surface area (Å²) in [5.41, 5.74) is 0.858. The van der Waals surface area contributed by atoms with Crippen LogP contribution in [0.4, 0.5) is 0 Å². The van der Waals surface area contributed by atoms with E-state index < -0.39 is 17.7 Å². The van der Waals surface area contributed by atoms with E-state index in [1.54, 1.807) is 42.5 Å². The van der Waals surface area contributed by atoms with Gasteiger partial charge in [0.2, 0.25) is 0 Å². The number of ether oxygens (including phenoxy) is 4. The van der Waals surface area contributed by atoms with Gasteiger partial charge in [-0.1, -0.05) is 12.1 Å². The smallest absolute Gasteiger partial charge is 0.295 e. The number of carbonyl (C=O) groups is 2. The molecule has 8 nitrogen and oxygen atoms in total. The van der Waals surface area contributed by atoms with Crippen LogP contribution < -0.4 is 14.2 Å². The number of benzene rings is 2. The molecule has 1 fully saturated rings. The molecule has 1 unspecified atom stereocenters. The summed E-state index contributed by atoms with van der Waals surface area (Å²) in [6.45, 7) is 6.55. The first kappa shape index (κ1) is 25.1. The molecular weight excluding hydrogens is 438 g/mol. The normalized spacial score (nSPS) is 17.4. The number of carbonyl (C=O) groups excluding carboxylic acids is 2. The molecule has 0 aromatic heterocycles. The third-order valence-corrected chi connectivity index (χ3v) is 5.47. The Kier molecular flexibility index (Phi) is 8.17. The number of ketones is 1. The lowest BCUT2D eigenvalue weighted by molar-refractivity contribution is -0.140. The Morgan fingerprint density at radius 2 is 1.82 bits per heavy atom. The number of nitrogens with zero attached hydrogens (tertiary/aromatic N) is 1. The summed E-state index contributed by atoms with van der Waals surface area (Å²) in [7, 11) is 2.96. The van der Waals surface area contributed by atoms with Crippen LogP contribution in [-0.2, 0) is 14.3 Å². The standard InChI is InChI=1S/C26H31NO7/c1-6-33-19-9-7-8-17(14-19)23-22(25(29)26(30)27(23)12-13-34-16(2)3)24(28)20-15-18(31-4)10-11-21(20)32-5/h7-11,14-16,23,28H,6,12-13H2,1-5H3/b24-22+. The van der Waals surface area contributed by atoms with Gasteiger partial charge in [-0.2, -0.15) is 0 Å². The van der Waals surface area contributed by atoms with E-state index in [4.69, 9.17) is 18.9 Å². The summed E-state index contributed by atoms with van der Waals surface area (Å²) in [6.07, 6.45) is -0.0300. The van der Waals surface area contributed by atoms with E-state index in [0.717, 1.165) is 0 Å². The molecule has 0 radical (unpaired) electrons. The summed E-state index contributed by atoms with van der Waals surface area (Å²) in [5, 5.41) is 11.4. The van der Waals surface area contributed by atoms with Gasteiger partial charge in [0.1, 0.15) is 23.0 Å². The maximum atomic E-state index is 13.2. The Bertz CT molecular complexity index is 1080. The van der Waals surface area contributed by atoms with Crippen LogP contribution in [0.5, 0.6) is 17.2 Å². The van der Waals surface area contributed by atoms with Gasteiger partial charge in [0.05, 0.1) is 50.7 Å². The van der Waals surface area contributed by atoms with Crippen molar-refractivity contribution >= 4 is 17.4 Å². The molecule has 1 heterocycles. The van der Waals surface area contributed by atoms with Gasteiger partial charge in [0.25, 0.3) is 11.7 Å². The second-order valence-electron chi connectivity index (χ2n) is 7.98. The predicted molar refractivity (Wildman–Crippen MR) is 127 cm³/mol. The van der Waals surface area contributed by atoms with Gasteiger partial charge in [-0.05, 0) is 56.7 Å². The second kappa shape index (κ2) is 11.1. The molecule has 2 aromatic carbocycles. The minimum Gasteiger partial charge on any atom is -0.507 e. The molecule has 0 bridgehead atoms. The first-order chi connectivity index (χ1) is 16.3. The monoisotopic (exact) mass is 469 g/mol. The summed E-state index contributed by atoms with van der Waals surface area (Å²) >= 11 is 0. The van der Waals surface area contributed by atoms with E-state index in [-0.39, 0.29) is 36.2 Å². The zero-order chi connectivity index (χ0) is 24.8. The number of hydrogen-bond acceptors (Lipinski definition) is 7.